The molecule has 1 amide bonds. The molecule has 1 aromatic carbocycles. The van der Waals surface area contributed by atoms with Crippen molar-refractivity contribution in [2.45, 2.75) is 6.92 Å². The molecule has 0 unspecified atom stereocenters. The van der Waals surface area contributed by atoms with Gasteiger partial charge in [-0.1, -0.05) is 17.3 Å². The number of para-hydroxylation sites is 1. The van der Waals surface area contributed by atoms with Crippen LogP contribution in [0.3, 0.4) is 0 Å². The number of carbonyl (C=O) groups is 2. The minimum atomic E-state index is -0.640. The number of aryl methyl sites for hydroxylation is 1. The average Bonchev–Trinajstić information content (AvgIpc) is 2.89. The lowest BCUT2D eigenvalue weighted by Crippen LogP contribution is -2.21. The van der Waals surface area contributed by atoms with Crippen LogP contribution in [0.1, 0.15) is 16.1 Å². The van der Waals surface area contributed by atoms with Crippen molar-refractivity contribution in [2.24, 2.45) is 0 Å². The number of esters is 1. The molecule has 2 rings (SSSR count). The zero-order valence-electron chi connectivity index (χ0n) is 11.6. The first-order valence-corrected chi connectivity index (χ1v) is 6.13. The van der Waals surface area contributed by atoms with E-state index in [0.29, 0.717) is 11.5 Å². The molecule has 0 spiro atoms. The lowest BCUT2D eigenvalue weighted by Gasteiger charge is -2.08. The molecule has 0 fully saturated rings. The quantitative estimate of drug-likeness (QED) is 0.844. The van der Waals surface area contributed by atoms with E-state index in [4.69, 9.17) is 14.0 Å². The van der Waals surface area contributed by atoms with Gasteiger partial charge in [-0.05, 0) is 19.1 Å². The van der Waals surface area contributed by atoms with E-state index in [1.54, 1.807) is 37.3 Å². The van der Waals surface area contributed by atoms with Crippen LogP contribution in [0.15, 0.2) is 34.9 Å². The van der Waals surface area contributed by atoms with E-state index in [1.807, 2.05) is 0 Å². The van der Waals surface area contributed by atoms with Gasteiger partial charge >= 0.3 is 5.97 Å². The lowest BCUT2D eigenvalue weighted by atomic mass is 10.2. The number of hydrogen-bond donors (Lipinski definition) is 1. The van der Waals surface area contributed by atoms with Crippen molar-refractivity contribution < 1.29 is 23.6 Å². The molecule has 0 bridgehead atoms. The first-order valence-electron chi connectivity index (χ1n) is 6.13. The number of amides is 1. The van der Waals surface area contributed by atoms with Gasteiger partial charge in [0.25, 0.3) is 5.91 Å². The number of nitrogens with one attached hydrogen (secondary N) is 1. The molecule has 1 N–H and O–H groups in total. The number of benzene rings is 1. The topological polar surface area (TPSA) is 90.7 Å². The zero-order chi connectivity index (χ0) is 15.2. The van der Waals surface area contributed by atoms with Crippen LogP contribution < -0.4 is 10.1 Å². The first-order chi connectivity index (χ1) is 10.1. The molecular formula is C14H14N2O5. The molecule has 0 radical (unpaired) electrons. The van der Waals surface area contributed by atoms with Gasteiger partial charge in [0, 0.05) is 6.07 Å². The van der Waals surface area contributed by atoms with Crippen molar-refractivity contribution in [2.75, 3.05) is 19.0 Å². The van der Waals surface area contributed by atoms with Crippen LogP contribution in [0.5, 0.6) is 5.75 Å². The third-order valence-corrected chi connectivity index (χ3v) is 2.56. The molecular weight excluding hydrogens is 276 g/mol. The van der Waals surface area contributed by atoms with E-state index >= 15 is 0 Å². The molecule has 0 aliphatic rings. The monoisotopic (exact) mass is 290 g/mol. The van der Waals surface area contributed by atoms with Gasteiger partial charge in [0.2, 0.25) is 0 Å². The van der Waals surface area contributed by atoms with Crippen LogP contribution in [0.4, 0.5) is 5.82 Å². The fraction of sp³-hybridized carbons (Fsp3) is 0.214. The Kier molecular flexibility index (Phi) is 4.55. The summed E-state index contributed by atoms with van der Waals surface area (Å²) in [4.78, 5) is 23.5. The van der Waals surface area contributed by atoms with Crippen molar-refractivity contribution >= 4 is 17.7 Å². The van der Waals surface area contributed by atoms with Gasteiger partial charge in [-0.15, -0.1) is 0 Å². The normalized spacial score (nSPS) is 10.0. The minimum absolute atomic E-state index is 0.255. The third kappa shape index (κ3) is 3.82. The number of rotatable bonds is 5. The number of anilines is 1. The van der Waals surface area contributed by atoms with Crippen LogP contribution in [-0.4, -0.2) is 30.7 Å². The maximum atomic E-state index is 11.9. The summed E-state index contributed by atoms with van der Waals surface area (Å²) < 4.78 is 14.8. The Morgan fingerprint density at radius 3 is 2.76 bits per heavy atom. The summed E-state index contributed by atoms with van der Waals surface area (Å²) in [5, 5.41) is 6.05. The number of aromatic nitrogens is 1. The molecule has 0 atom stereocenters. The maximum Gasteiger partial charge on any atom is 0.342 e. The van der Waals surface area contributed by atoms with Gasteiger partial charge in [0.1, 0.15) is 17.1 Å². The number of hydrogen-bond acceptors (Lipinski definition) is 6. The van der Waals surface area contributed by atoms with Crippen molar-refractivity contribution in [1.29, 1.82) is 0 Å². The molecule has 0 aliphatic heterocycles. The van der Waals surface area contributed by atoms with Gasteiger partial charge in [-0.3, -0.25) is 4.79 Å². The number of ether oxygens (including phenoxy) is 2. The van der Waals surface area contributed by atoms with Crippen LogP contribution in [0, 0.1) is 6.92 Å². The summed E-state index contributed by atoms with van der Waals surface area (Å²) in [6.45, 7) is 1.27. The van der Waals surface area contributed by atoms with Gasteiger partial charge in [0.15, 0.2) is 12.4 Å². The van der Waals surface area contributed by atoms with Crippen LogP contribution in [0.2, 0.25) is 0 Å². The second kappa shape index (κ2) is 6.56. The van der Waals surface area contributed by atoms with E-state index < -0.39 is 18.5 Å². The fourth-order valence-electron chi connectivity index (χ4n) is 1.63. The SMILES string of the molecule is COc1ccccc1C(=O)OCC(=O)Nc1cc(C)on1. The highest BCUT2D eigenvalue weighted by Crippen LogP contribution is 2.18. The van der Waals surface area contributed by atoms with Gasteiger partial charge in [0.05, 0.1) is 7.11 Å². The molecule has 110 valence electrons. The Labute approximate surface area is 120 Å². The van der Waals surface area contributed by atoms with Crippen molar-refractivity contribution in [3.63, 3.8) is 0 Å². The van der Waals surface area contributed by atoms with E-state index in [2.05, 4.69) is 10.5 Å². The summed E-state index contributed by atoms with van der Waals surface area (Å²) in [6.07, 6.45) is 0. The van der Waals surface area contributed by atoms with Crippen LogP contribution in [0.25, 0.3) is 0 Å². The largest absolute Gasteiger partial charge is 0.496 e. The predicted octanol–water partition coefficient (Wildman–Crippen LogP) is 1.79. The Morgan fingerprint density at radius 2 is 2.10 bits per heavy atom. The third-order valence-electron chi connectivity index (χ3n) is 2.56. The molecule has 21 heavy (non-hydrogen) atoms. The van der Waals surface area contributed by atoms with Gasteiger partial charge in [-0.2, -0.15) is 0 Å². The van der Waals surface area contributed by atoms with Crippen LogP contribution >= 0.6 is 0 Å². The lowest BCUT2D eigenvalue weighted by molar-refractivity contribution is -0.119. The summed E-state index contributed by atoms with van der Waals surface area (Å²) in [6, 6.07) is 8.15. The fourth-order valence-corrected chi connectivity index (χ4v) is 1.63. The molecule has 0 saturated carbocycles. The van der Waals surface area contributed by atoms with E-state index in [0.717, 1.165) is 0 Å². The molecule has 7 heteroatoms. The highest BCUT2D eigenvalue weighted by Gasteiger charge is 2.15. The Bertz CT molecular complexity index is 650. The number of carbonyl (C=O) groups excluding carboxylic acids is 2. The van der Waals surface area contributed by atoms with Crippen molar-refractivity contribution in [3.05, 3.63) is 41.7 Å². The van der Waals surface area contributed by atoms with Gasteiger partial charge in [-0.25, -0.2) is 4.79 Å². The average molecular weight is 290 g/mol. The van der Waals surface area contributed by atoms with Crippen molar-refractivity contribution in [1.82, 2.24) is 5.16 Å². The molecule has 2 aromatic rings. The molecule has 0 aliphatic carbocycles. The second-order valence-electron chi connectivity index (χ2n) is 4.15. The summed E-state index contributed by atoms with van der Waals surface area (Å²) >= 11 is 0. The Morgan fingerprint density at radius 1 is 1.33 bits per heavy atom. The molecule has 1 aromatic heterocycles. The highest BCUT2D eigenvalue weighted by atomic mass is 16.5. The standard InChI is InChI=1S/C14H14N2O5/c1-9-7-12(16-21-9)15-13(17)8-20-14(18)10-5-3-4-6-11(10)19-2/h3-7H,8H2,1-2H3,(H,15,16,17). The maximum absolute atomic E-state index is 11.9. The smallest absolute Gasteiger partial charge is 0.342 e. The van der Waals surface area contributed by atoms with E-state index in [1.165, 1.54) is 7.11 Å². The molecule has 0 saturated heterocycles. The zero-order valence-corrected chi connectivity index (χ0v) is 11.6. The number of nitrogens with zero attached hydrogens (tertiary/aromatic N) is 1. The molecule has 1 heterocycles. The summed E-state index contributed by atoms with van der Waals surface area (Å²) in [7, 11) is 1.45. The van der Waals surface area contributed by atoms with Crippen molar-refractivity contribution in [3.8, 4) is 5.75 Å². The van der Waals surface area contributed by atoms with Gasteiger partial charge < -0.3 is 19.3 Å². The first kappa shape index (κ1) is 14.6. The predicted molar refractivity (Wildman–Crippen MR) is 73.1 cm³/mol. The van der Waals surface area contributed by atoms with Crippen LogP contribution in [-0.2, 0) is 9.53 Å². The molecule has 7 nitrogen and oxygen atoms in total. The summed E-state index contributed by atoms with van der Waals surface area (Å²) in [5.74, 6) is 0.0719. The highest BCUT2D eigenvalue weighted by molar-refractivity contribution is 5.96. The minimum Gasteiger partial charge on any atom is -0.496 e. The summed E-state index contributed by atoms with van der Waals surface area (Å²) in [5.41, 5.74) is 0.255. The Balaban J connectivity index is 1.90. The van der Waals surface area contributed by atoms with E-state index in [-0.39, 0.29) is 11.4 Å². The Hall–Kier alpha value is -2.83. The second-order valence-corrected chi connectivity index (χ2v) is 4.15. The van der Waals surface area contributed by atoms with E-state index in [9.17, 15) is 9.59 Å². The number of methoxy groups -OCH3 is 1.